The molecule has 11 heteroatoms. The largest absolute Gasteiger partial charge is 0.378 e. The van der Waals surface area contributed by atoms with Crippen LogP contribution in [0.4, 0.5) is 10.8 Å². The Morgan fingerprint density at radius 3 is 2.59 bits per heavy atom. The molecular weight excluding hydrogens is 450 g/mol. The van der Waals surface area contributed by atoms with E-state index in [2.05, 4.69) is 25.1 Å². The van der Waals surface area contributed by atoms with Crippen LogP contribution in [0, 0.1) is 6.92 Å². The number of anilines is 2. The maximum atomic E-state index is 12.6. The van der Waals surface area contributed by atoms with E-state index < -0.39 is 10.0 Å². The minimum Gasteiger partial charge on any atom is -0.378 e. The highest BCUT2D eigenvalue weighted by Crippen LogP contribution is 2.21. The average Bonchev–Trinajstić information content (AvgIpc) is 3.28. The molecule has 1 aromatic heterocycles. The fourth-order valence-electron chi connectivity index (χ4n) is 3.21. The van der Waals surface area contributed by atoms with Crippen LogP contribution < -0.4 is 14.9 Å². The average molecular weight is 474 g/mol. The molecule has 1 fully saturated rings. The molecule has 2 heterocycles. The van der Waals surface area contributed by atoms with Gasteiger partial charge < -0.3 is 9.64 Å². The predicted octanol–water partition coefficient (Wildman–Crippen LogP) is 2.41. The fourth-order valence-corrected chi connectivity index (χ4v) is 5.16. The van der Waals surface area contributed by atoms with Gasteiger partial charge in [0.25, 0.3) is 15.9 Å². The van der Waals surface area contributed by atoms with Gasteiger partial charge in [-0.1, -0.05) is 41.2 Å². The fraction of sp³-hybridized carbons (Fsp3) is 0.286. The number of morpholine rings is 1. The van der Waals surface area contributed by atoms with E-state index in [4.69, 9.17) is 4.74 Å². The summed E-state index contributed by atoms with van der Waals surface area (Å²) in [6, 6.07) is 14.8. The lowest BCUT2D eigenvalue weighted by Gasteiger charge is -2.28. The minimum absolute atomic E-state index is 0.117. The van der Waals surface area contributed by atoms with E-state index in [-0.39, 0.29) is 21.9 Å². The lowest BCUT2D eigenvalue weighted by Crippen LogP contribution is -2.36. The number of hydrogen-bond acceptors (Lipinski definition) is 8. The van der Waals surface area contributed by atoms with Gasteiger partial charge in [-0.15, -0.1) is 10.2 Å². The summed E-state index contributed by atoms with van der Waals surface area (Å²) in [4.78, 5) is 14.6. The Morgan fingerprint density at radius 1 is 1.12 bits per heavy atom. The first-order valence-electron chi connectivity index (χ1n) is 10.0. The van der Waals surface area contributed by atoms with Crippen LogP contribution in [0.1, 0.15) is 21.5 Å². The number of rotatable bonds is 7. The molecular formula is C21H23N5O4S2. The van der Waals surface area contributed by atoms with Crippen molar-refractivity contribution in [3.63, 3.8) is 0 Å². The van der Waals surface area contributed by atoms with Crippen LogP contribution >= 0.6 is 11.3 Å². The third-order valence-corrected chi connectivity index (χ3v) is 7.52. The number of hydrogen-bond donors (Lipinski definition) is 2. The Kier molecular flexibility index (Phi) is 6.80. The highest BCUT2D eigenvalue weighted by atomic mass is 32.2. The van der Waals surface area contributed by atoms with E-state index in [1.165, 1.54) is 0 Å². The molecule has 2 aromatic carbocycles. The van der Waals surface area contributed by atoms with Crippen molar-refractivity contribution >= 4 is 38.1 Å². The molecule has 9 nitrogen and oxygen atoms in total. The van der Waals surface area contributed by atoms with Gasteiger partial charge in [0.15, 0.2) is 0 Å². The van der Waals surface area contributed by atoms with Crippen LogP contribution in [0.25, 0.3) is 0 Å². The van der Waals surface area contributed by atoms with E-state index in [1.54, 1.807) is 18.2 Å². The third-order valence-electron chi connectivity index (χ3n) is 4.92. The SMILES string of the molecule is Cc1cccc(C(=O)Nc2nnc(S(=O)(=O)NCc3ccc(N4CCOCC4)cc3)s2)c1. The van der Waals surface area contributed by atoms with Crippen LogP contribution in [-0.4, -0.2) is 50.8 Å². The molecule has 0 spiro atoms. The Labute approximate surface area is 190 Å². The Balaban J connectivity index is 1.35. The van der Waals surface area contributed by atoms with Crippen molar-refractivity contribution < 1.29 is 17.9 Å². The molecule has 3 aromatic rings. The maximum Gasteiger partial charge on any atom is 0.270 e. The highest BCUT2D eigenvalue weighted by Gasteiger charge is 2.21. The van der Waals surface area contributed by atoms with Crippen LogP contribution in [0.5, 0.6) is 0 Å². The second-order valence-corrected chi connectivity index (χ2v) is 10.2. The molecule has 1 saturated heterocycles. The number of nitrogens with one attached hydrogen (secondary N) is 2. The number of aryl methyl sites for hydroxylation is 1. The summed E-state index contributed by atoms with van der Waals surface area (Å²) >= 11 is 0.800. The first-order chi connectivity index (χ1) is 15.4. The highest BCUT2D eigenvalue weighted by molar-refractivity contribution is 7.91. The summed E-state index contributed by atoms with van der Waals surface area (Å²) < 4.78 is 32.9. The van der Waals surface area contributed by atoms with Gasteiger partial charge in [0, 0.05) is 30.9 Å². The number of nitrogens with zero attached hydrogens (tertiary/aromatic N) is 3. The van der Waals surface area contributed by atoms with Gasteiger partial charge in [-0.25, -0.2) is 13.1 Å². The van der Waals surface area contributed by atoms with E-state index in [0.717, 1.165) is 41.2 Å². The Morgan fingerprint density at radius 2 is 1.88 bits per heavy atom. The monoisotopic (exact) mass is 473 g/mol. The van der Waals surface area contributed by atoms with Gasteiger partial charge in [-0.3, -0.25) is 10.1 Å². The number of carbonyl (C=O) groups excluding carboxylic acids is 1. The lowest BCUT2D eigenvalue weighted by molar-refractivity contribution is 0.102. The third kappa shape index (κ3) is 5.49. The second-order valence-electron chi connectivity index (χ2n) is 7.29. The molecule has 0 saturated carbocycles. The molecule has 0 unspecified atom stereocenters. The van der Waals surface area contributed by atoms with Crippen molar-refractivity contribution in [1.29, 1.82) is 0 Å². The zero-order valence-electron chi connectivity index (χ0n) is 17.4. The smallest absolute Gasteiger partial charge is 0.270 e. The Bertz CT molecular complexity index is 1190. The topological polar surface area (TPSA) is 114 Å². The van der Waals surface area contributed by atoms with Gasteiger partial charge in [-0.2, -0.15) is 0 Å². The van der Waals surface area contributed by atoms with Gasteiger partial charge in [0.1, 0.15) is 0 Å². The summed E-state index contributed by atoms with van der Waals surface area (Å²) in [6.07, 6.45) is 0. The molecule has 0 radical (unpaired) electrons. The lowest BCUT2D eigenvalue weighted by atomic mass is 10.1. The van der Waals surface area contributed by atoms with Gasteiger partial charge in [-0.05, 0) is 36.8 Å². The minimum atomic E-state index is -3.86. The van der Waals surface area contributed by atoms with Crippen LogP contribution in [-0.2, 0) is 21.3 Å². The van der Waals surface area contributed by atoms with Crippen molar-refractivity contribution in [2.24, 2.45) is 0 Å². The predicted molar refractivity (Wildman–Crippen MR) is 123 cm³/mol. The van der Waals surface area contributed by atoms with E-state index in [0.29, 0.717) is 18.8 Å². The first-order valence-corrected chi connectivity index (χ1v) is 12.3. The van der Waals surface area contributed by atoms with Gasteiger partial charge in [0.05, 0.1) is 13.2 Å². The summed E-state index contributed by atoms with van der Waals surface area (Å²) in [5.41, 5.74) is 3.31. The van der Waals surface area contributed by atoms with Crippen molar-refractivity contribution in [3.05, 3.63) is 65.2 Å². The zero-order chi connectivity index (χ0) is 22.6. The number of ether oxygens (including phenoxy) is 1. The quantitative estimate of drug-likeness (QED) is 0.507. The summed E-state index contributed by atoms with van der Waals surface area (Å²) in [5, 5.41) is 10.2. The molecule has 32 heavy (non-hydrogen) atoms. The number of aromatic nitrogens is 2. The molecule has 4 rings (SSSR count). The molecule has 1 aliphatic heterocycles. The molecule has 1 aliphatic rings. The summed E-state index contributed by atoms with van der Waals surface area (Å²) in [7, 11) is -3.86. The first kappa shape index (κ1) is 22.3. The number of amides is 1. The molecule has 2 N–H and O–H groups in total. The van der Waals surface area contributed by atoms with Crippen molar-refractivity contribution in [2.75, 3.05) is 36.5 Å². The number of carbonyl (C=O) groups is 1. The Hall–Kier alpha value is -2.86. The van der Waals surface area contributed by atoms with Gasteiger partial charge in [0.2, 0.25) is 9.47 Å². The summed E-state index contributed by atoms with van der Waals surface area (Å²) in [6.45, 7) is 5.09. The molecule has 0 aliphatic carbocycles. The summed E-state index contributed by atoms with van der Waals surface area (Å²) in [5.74, 6) is -0.373. The van der Waals surface area contributed by atoms with Gasteiger partial charge >= 0.3 is 0 Å². The molecule has 1 amide bonds. The van der Waals surface area contributed by atoms with Crippen molar-refractivity contribution in [3.8, 4) is 0 Å². The van der Waals surface area contributed by atoms with Crippen molar-refractivity contribution in [1.82, 2.24) is 14.9 Å². The zero-order valence-corrected chi connectivity index (χ0v) is 19.1. The number of sulfonamides is 1. The number of benzene rings is 2. The molecule has 168 valence electrons. The molecule has 0 bridgehead atoms. The van der Waals surface area contributed by atoms with Crippen LogP contribution in [0.15, 0.2) is 52.9 Å². The van der Waals surface area contributed by atoms with Crippen LogP contribution in [0.2, 0.25) is 0 Å². The maximum absolute atomic E-state index is 12.6. The van der Waals surface area contributed by atoms with E-state index in [1.807, 2.05) is 37.3 Å². The normalized spacial score (nSPS) is 14.3. The standard InChI is InChI=1S/C21H23N5O4S2/c1-15-3-2-4-17(13-15)19(27)23-20-24-25-21(31-20)32(28,29)22-14-16-5-7-18(8-6-16)26-9-11-30-12-10-26/h2-8,13,22H,9-12,14H2,1H3,(H,23,24,27). The van der Waals surface area contributed by atoms with Crippen molar-refractivity contribution in [2.45, 2.75) is 17.8 Å². The molecule has 0 atom stereocenters. The van der Waals surface area contributed by atoms with E-state index >= 15 is 0 Å². The second kappa shape index (κ2) is 9.74. The van der Waals surface area contributed by atoms with Crippen LogP contribution in [0.3, 0.4) is 0 Å². The van der Waals surface area contributed by atoms with E-state index in [9.17, 15) is 13.2 Å².